The first kappa shape index (κ1) is 13.2. The van der Waals surface area contributed by atoms with Gasteiger partial charge >= 0.3 is 5.69 Å². The number of nitrogens with zero attached hydrogens (tertiary/aromatic N) is 2. The lowest BCUT2D eigenvalue weighted by Gasteiger charge is -2.23. The highest BCUT2D eigenvalue weighted by Gasteiger charge is 2.23. The fourth-order valence-electron chi connectivity index (χ4n) is 1.96. The SMILES string of the molecule is O=[N+]([O-])c1ccc(OC2CCCNC2)c([N+](=O)[O-])c1. The van der Waals surface area contributed by atoms with Crippen LogP contribution in [0.1, 0.15) is 12.8 Å². The molecule has 19 heavy (non-hydrogen) atoms. The highest BCUT2D eigenvalue weighted by Crippen LogP contribution is 2.32. The molecular weight excluding hydrogens is 254 g/mol. The van der Waals surface area contributed by atoms with Gasteiger partial charge in [-0.1, -0.05) is 0 Å². The Morgan fingerprint density at radius 2 is 2.05 bits per heavy atom. The lowest BCUT2D eigenvalue weighted by molar-refractivity contribution is -0.394. The maximum Gasteiger partial charge on any atom is 0.317 e. The molecule has 1 aliphatic heterocycles. The van der Waals surface area contributed by atoms with E-state index in [1.54, 1.807) is 0 Å². The number of hydrogen-bond acceptors (Lipinski definition) is 6. The molecule has 1 heterocycles. The van der Waals surface area contributed by atoms with Crippen molar-refractivity contribution in [1.29, 1.82) is 0 Å². The molecule has 1 saturated heterocycles. The van der Waals surface area contributed by atoms with E-state index in [4.69, 9.17) is 4.74 Å². The van der Waals surface area contributed by atoms with Gasteiger partial charge in [-0.15, -0.1) is 0 Å². The Morgan fingerprint density at radius 3 is 2.63 bits per heavy atom. The third-order valence-corrected chi connectivity index (χ3v) is 2.90. The number of nitrogens with one attached hydrogen (secondary N) is 1. The van der Waals surface area contributed by atoms with Crippen LogP contribution >= 0.6 is 0 Å². The second-order valence-corrected chi connectivity index (χ2v) is 4.25. The normalized spacial score (nSPS) is 18.8. The van der Waals surface area contributed by atoms with Gasteiger partial charge in [-0.25, -0.2) is 0 Å². The molecular formula is C11H13N3O5. The molecule has 1 unspecified atom stereocenters. The van der Waals surface area contributed by atoms with Gasteiger partial charge in [0.05, 0.1) is 15.9 Å². The number of ether oxygens (including phenoxy) is 1. The Hall–Kier alpha value is -2.22. The third kappa shape index (κ3) is 3.16. The van der Waals surface area contributed by atoms with Gasteiger partial charge < -0.3 is 10.1 Å². The summed E-state index contributed by atoms with van der Waals surface area (Å²) in [7, 11) is 0. The smallest absolute Gasteiger partial charge is 0.317 e. The van der Waals surface area contributed by atoms with Crippen molar-refractivity contribution in [3.05, 3.63) is 38.4 Å². The zero-order valence-corrected chi connectivity index (χ0v) is 10.1. The Labute approximate surface area is 108 Å². The predicted octanol–water partition coefficient (Wildman–Crippen LogP) is 1.63. The fraction of sp³-hybridized carbons (Fsp3) is 0.455. The van der Waals surface area contributed by atoms with Crippen LogP contribution < -0.4 is 10.1 Å². The van der Waals surface area contributed by atoms with Gasteiger partial charge in [0, 0.05) is 12.6 Å². The Morgan fingerprint density at radius 1 is 1.26 bits per heavy atom. The standard InChI is InChI=1S/C11H13N3O5/c15-13(16)8-3-4-11(10(6-8)14(17)18)19-9-2-1-5-12-7-9/h3-4,6,9,12H,1-2,5,7H2. The molecule has 1 aromatic carbocycles. The van der Waals surface area contributed by atoms with Crippen molar-refractivity contribution in [3.63, 3.8) is 0 Å². The molecule has 8 nitrogen and oxygen atoms in total. The van der Waals surface area contributed by atoms with Crippen LogP contribution in [0.2, 0.25) is 0 Å². The zero-order valence-electron chi connectivity index (χ0n) is 10.1. The van der Waals surface area contributed by atoms with E-state index in [1.807, 2.05) is 0 Å². The average molecular weight is 267 g/mol. The second kappa shape index (κ2) is 5.61. The van der Waals surface area contributed by atoms with Crippen molar-refractivity contribution >= 4 is 11.4 Å². The molecule has 1 N–H and O–H groups in total. The summed E-state index contributed by atoms with van der Waals surface area (Å²) in [4.78, 5) is 20.2. The minimum absolute atomic E-state index is 0.0734. The number of benzene rings is 1. The van der Waals surface area contributed by atoms with E-state index in [-0.39, 0.29) is 23.2 Å². The zero-order chi connectivity index (χ0) is 13.8. The number of nitro benzene ring substituents is 2. The summed E-state index contributed by atoms with van der Waals surface area (Å²) in [5.41, 5.74) is -0.694. The van der Waals surface area contributed by atoms with Gasteiger partial charge in [0.2, 0.25) is 0 Å². The van der Waals surface area contributed by atoms with Crippen molar-refractivity contribution in [3.8, 4) is 5.75 Å². The van der Waals surface area contributed by atoms with E-state index in [1.165, 1.54) is 12.1 Å². The number of rotatable bonds is 4. The van der Waals surface area contributed by atoms with E-state index in [0.29, 0.717) is 6.54 Å². The van der Waals surface area contributed by atoms with Gasteiger partial charge in [-0.05, 0) is 25.5 Å². The van der Waals surface area contributed by atoms with Gasteiger partial charge in [0.15, 0.2) is 5.75 Å². The molecule has 0 aromatic heterocycles. The first-order chi connectivity index (χ1) is 9.08. The number of nitro groups is 2. The largest absolute Gasteiger partial charge is 0.482 e. The van der Waals surface area contributed by atoms with E-state index < -0.39 is 9.85 Å². The first-order valence-corrected chi connectivity index (χ1v) is 5.88. The summed E-state index contributed by atoms with van der Waals surface area (Å²) in [5.74, 6) is 0.0734. The maximum absolute atomic E-state index is 10.9. The fourth-order valence-corrected chi connectivity index (χ4v) is 1.96. The molecule has 0 radical (unpaired) electrons. The van der Waals surface area contributed by atoms with Crippen LogP contribution in [0, 0.1) is 20.2 Å². The summed E-state index contributed by atoms with van der Waals surface area (Å²) in [6, 6.07) is 3.41. The Kier molecular flexibility index (Phi) is 3.91. The highest BCUT2D eigenvalue weighted by molar-refractivity contribution is 5.53. The minimum Gasteiger partial charge on any atom is -0.482 e. The number of hydrogen-bond donors (Lipinski definition) is 1. The molecule has 1 aliphatic rings. The van der Waals surface area contributed by atoms with Crippen molar-refractivity contribution in [2.24, 2.45) is 0 Å². The van der Waals surface area contributed by atoms with Crippen LogP contribution in [0.5, 0.6) is 5.75 Å². The summed E-state index contributed by atoms with van der Waals surface area (Å²) in [5, 5.41) is 24.7. The minimum atomic E-state index is -0.668. The van der Waals surface area contributed by atoms with E-state index >= 15 is 0 Å². The lowest BCUT2D eigenvalue weighted by atomic mass is 10.1. The molecule has 1 fully saturated rings. The topological polar surface area (TPSA) is 108 Å². The van der Waals surface area contributed by atoms with E-state index in [2.05, 4.69) is 5.32 Å². The summed E-state index contributed by atoms with van der Waals surface area (Å²) >= 11 is 0. The Bertz CT molecular complexity index is 499. The van der Waals surface area contributed by atoms with Crippen molar-refractivity contribution in [2.75, 3.05) is 13.1 Å². The average Bonchev–Trinajstić information content (AvgIpc) is 2.39. The van der Waals surface area contributed by atoms with Gasteiger partial charge in [0.25, 0.3) is 5.69 Å². The predicted molar refractivity (Wildman–Crippen MR) is 66.3 cm³/mol. The van der Waals surface area contributed by atoms with Gasteiger partial charge in [-0.2, -0.15) is 0 Å². The van der Waals surface area contributed by atoms with Gasteiger partial charge in [-0.3, -0.25) is 20.2 Å². The van der Waals surface area contributed by atoms with E-state index in [9.17, 15) is 20.2 Å². The first-order valence-electron chi connectivity index (χ1n) is 5.88. The van der Waals surface area contributed by atoms with Crippen LogP contribution in [0.25, 0.3) is 0 Å². The number of non-ortho nitro benzene ring substituents is 1. The molecule has 2 rings (SSSR count). The Balaban J connectivity index is 2.23. The molecule has 0 spiro atoms. The maximum atomic E-state index is 10.9. The van der Waals surface area contributed by atoms with Crippen LogP contribution in [0.15, 0.2) is 18.2 Å². The molecule has 102 valence electrons. The summed E-state index contributed by atoms with van der Waals surface area (Å²) in [6.45, 7) is 1.52. The monoisotopic (exact) mass is 267 g/mol. The molecule has 1 atom stereocenters. The van der Waals surface area contributed by atoms with Crippen molar-refractivity contribution in [1.82, 2.24) is 5.32 Å². The van der Waals surface area contributed by atoms with Gasteiger partial charge in [0.1, 0.15) is 6.10 Å². The molecule has 0 bridgehead atoms. The summed E-state index contributed by atoms with van der Waals surface area (Å²) in [6.07, 6.45) is 1.60. The second-order valence-electron chi connectivity index (χ2n) is 4.25. The molecule has 0 saturated carbocycles. The quantitative estimate of drug-likeness (QED) is 0.656. The van der Waals surface area contributed by atoms with Crippen LogP contribution in [-0.2, 0) is 0 Å². The molecule has 1 aromatic rings. The van der Waals surface area contributed by atoms with Crippen molar-refractivity contribution < 1.29 is 14.6 Å². The lowest BCUT2D eigenvalue weighted by Crippen LogP contribution is -2.37. The molecule has 0 amide bonds. The van der Waals surface area contributed by atoms with Crippen LogP contribution in [0.4, 0.5) is 11.4 Å². The van der Waals surface area contributed by atoms with Crippen LogP contribution in [0.3, 0.4) is 0 Å². The van der Waals surface area contributed by atoms with Crippen LogP contribution in [-0.4, -0.2) is 29.0 Å². The number of piperidine rings is 1. The van der Waals surface area contributed by atoms with E-state index in [0.717, 1.165) is 25.5 Å². The van der Waals surface area contributed by atoms with Crippen molar-refractivity contribution in [2.45, 2.75) is 18.9 Å². The highest BCUT2D eigenvalue weighted by atomic mass is 16.6. The summed E-state index contributed by atoms with van der Waals surface area (Å²) < 4.78 is 5.56. The molecule has 0 aliphatic carbocycles. The third-order valence-electron chi connectivity index (χ3n) is 2.90. The molecule has 8 heteroatoms.